The summed E-state index contributed by atoms with van der Waals surface area (Å²) in [6.45, 7) is 1.80. The van der Waals surface area contributed by atoms with E-state index < -0.39 is 8.80 Å². The van der Waals surface area contributed by atoms with E-state index in [1.165, 1.54) is 0 Å². The summed E-state index contributed by atoms with van der Waals surface area (Å²) in [5.41, 5.74) is 0. The van der Waals surface area contributed by atoms with Gasteiger partial charge in [0.05, 0.1) is 6.10 Å². The predicted octanol–water partition coefficient (Wildman–Crippen LogP) is 1.42. The lowest BCUT2D eigenvalue weighted by Crippen LogP contribution is -2.42. The van der Waals surface area contributed by atoms with Crippen molar-refractivity contribution < 1.29 is 18.4 Å². The summed E-state index contributed by atoms with van der Waals surface area (Å²) in [4.78, 5) is 0. The van der Waals surface area contributed by atoms with E-state index in [9.17, 15) is 0 Å². The molecule has 0 saturated carbocycles. The van der Waals surface area contributed by atoms with Crippen molar-refractivity contribution in [3.63, 3.8) is 0 Å². The number of unbranched alkanes of at least 4 members (excludes halogenated alkanes) is 1. The van der Waals surface area contributed by atoms with E-state index >= 15 is 0 Å². The lowest BCUT2D eigenvalue weighted by atomic mass is 10.2. The van der Waals surface area contributed by atoms with E-state index in [2.05, 4.69) is 0 Å². The molecule has 0 aromatic rings. The maximum atomic E-state index is 9.07. The van der Waals surface area contributed by atoms with Crippen molar-refractivity contribution in [3.8, 4) is 0 Å². The van der Waals surface area contributed by atoms with Gasteiger partial charge in [-0.1, -0.05) is 6.42 Å². The molecule has 0 aliphatic heterocycles. The van der Waals surface area contributed by atoms with Gasteiger partial charge in [0.25, 0.3) is 0 Å². The summed E-state index contributed by atoms with van der Waals surface area (Å²) in [6.07, 6.45) is 2.54. The molecule has 0 aliphatic carbocycles. The molecule has 0 aromatic carbocycles. The highest BCUT2D eigenvalue weighted by atomic mass is 28.4. The average Bonchev–Trinajstić information content (AvgIpc) is 2.19. The van der Waals surface area contributed by atoms with Crippen molar-refractivity contribution >= 4 is 8.80 Å². The van der Waals surface area contributed by atoms with Crippen LogP contribution in [0.5, 0.6) is 0 Å². The van der Waals surface area contributed by atoms with Gasteiger partial charge in [-0.15, -0.1) is 0 Å². The summed E-state index contributed by atoms with van der Waals surface area (Å²) in [5.74, 6) is 0. The molecule has 5 heteroatoms. The van der Waals surface area contributed by atoms with E-state index in [0.29, 0.717) is 0 Å². The molecule has 1 N–H and O–H groups in total. The fraction of sp³-hybridized carbons (Fsp3) is 1.00. The van der Waals surface area contributed by atoms with Gasteiger partial charge in [-0.3, -0.25) is 0 Å². The fourth-order valence-corrected chi connectivity index (χ4v) is 3.13. The summed E-state index contributed by atoms with van der Waals surface area (Å²) in [5, 5.41) is 9.07. The number of hydrogen-bond donors (Lipinski definition) is 1. The van der Waals surface area contributed by atoms with Crippen molar-refractivity contribution in [2.45, 2.75) is 38.3 Å². The zero-order valence-electron chi connectivity index (χ0n) is 9.58. The Morgan fingerprint density at radius 2 is 1.57 bits per heavy atom. The smallest absolute Gasteiger partial charge is 0.393 e. The van der Waals surface area contributed by atoms with Crippen LogP contribution in [0.1, 0.15) is 26.2 Å². The first-order valence-electron chi connectivity index (χ1n) is 4.93. The maximum absolute atomic E-state index is 9.07. The van der Waals surface area contributed by atoms with Crippen LogP contribution in [0.15, 0.2) is 0 Å². The SMILES string of the molecule is CO[Si](CCCCC(C)O)(OC)OC. The van der Waals surface area contributed by atoms with Crippen molar-refractivity contribution in [1.82, 2.24) is 0 Å². The van der Waals surface area contributed by atoms with Crippen molar-refractivity contribution in [2.75, 3.05) is 21.3 Å². The molecule has 0 bridgehead atoms. The third-order valence-electron chi connectivity index (χ3n) is 2.29. The van der Waals surface area contributed by atoms with Gasteiger partial charge in [-0.05, 0) is 19.8 Å². The van der Waals surface area contributed by atoms with Crippen LogP contribution in [0.2, 0.25) is 6.04 Å². The number of aliphatic hydroxyl groups is 1. The highest BCUT2D eigenvalue weighted by Gasteiger charge is 2.36. The van der Waals surface area contributed by atoms with Crippen molar-refractivity contribution in [1.29, 1.82) is 0 Å². The zero-order chi connectivity index (χ0) is 11.0. The Hall–Kier alpha value is 0.0569. The van der Waals surface area contributed by atoms with Gasteiger partial charge < -0.3 is 18.4 Å². The lowest BCUT2D eigenvalue weighted by molar-refractivity contribution is 0.121. The minimum Gasteiger partial charge on any atom is -0.393 e. The van der Waals surface area contributed by atoms with Gasteiger partial charge in [0.2, 0.25) is 0 Å². The molecule has 86 valence electrons. The predicted molar refractivity (Wildman–Crippen MR) is 57.1 cm³/mol. The Kier molecular flexibility index (Phi) is 7.39. The Morgan fingerprint density at radius 1 is 1.07 bits per heavy atom. The van der Waals surface area contributed by atoms with Crippen molar-refractivity contribution in [3.05, 3.63) is 0 Å². The first-order valence-corrected chi connectivity index (χ1v) is 6.87. The third kappa shape index (κ3) is 5.07. The van der Waals surface area contributed by atoms with E-state index in [1.807, 2.05) is 0 Å². The zero-order valence-corrected chi connectivity index (χ0v) is 10.6. The molecule has 0 saturated heterocycles. The lowest BCUT2D eigenvalue weighted by Gasteiger charge is -2.24. The van der Waals surface area contributed by atoms with Crippen LogP contribution in [0.3, 0.4) is 0 Å². The van der Waals surface area contributed by atoms with Gasteiger partial charge >= 0.3 is 8.80 Å². The summed E-state index contributed by atoms with van der Waals surface area (Å²) in [7, 11) is 2.49. The molecule has 1 unspecified atom stereocenters. The van der Waals surface area contributed by atoms with Crippen molar-refractivity contribution in [2.24, 2.45) is 0 Å². The molecule has 1 atom stereocenters. The second-order valence-corrected chi connectivity index (χ2v) is 6.48. The third-order valence-corrected chi connectivity index (χ3v) is 5.12. The molecular weight excluding hydrogens is 200 g/mol. The minimum atomic E-state index is -2.37. The van der Waals surface area contributed by atoms with Crippen LogP contribution in [0.25, 0.3) is 0 Å². The Morgan fingerprint density at radius 3 is 1.93 bits per heavy atom. The molecular formula is C9H22O4Si. The number of aliphatic hydroxyl groups excluding tert-OH is 1. The van der Waals surface area contributed by atoms with Gasteiger partial charge in [0, 0.05) is 27.4 Å². The summed E-state index contributed by atoms with van der Waals surface area (Å²) in [6, 6.07) is 0.809. The average molecular weight is 222 g/mol. The Labute approximate surface area is 87.5 Å². The second-order valence-electron chi connectivity index (χ2n) is 3.39. The van der Waals surface area contributed by atoms with E-state index in [4.69, 9.17) is 18.4 Å². The van der Waals surface area contributed by atoms with Crippen LogP contribution >= 0.6 is 0 Å². The summed E-state index contributed by atoms with van der Waals surface area (Å²) >= 11 is 0. The molecule has 0 amide bonds. The van der Waals surface area contributed by atoms with Gasteiger partial charge in [-0.2, -0.15) is 0 Å². The molecule has 0 fully saturated rings. The van der Waals surface area contributed by atoms with Crippen LogP contribution in [-0.4, -0.2) is 41.3 Å². The molecule has 0 aliphatic rings. The minimum absolute atomic E-state index is 0.223. The standard InChI is InChI=1S/C9H22O4Si/c1-9(10)7-5-6-8-14(11-2,12-3)13-4/h9-10H,5-8H2,1-4H3. The first-order chi connectivity index (χ1) is 6.60. The quantitative estimate of drug-likeness (QED) is 0.498. The maximum Gasteiger partial charge on any atom is 0.500 e. The summed E-state index contributed by atoms with van der Waals surface area (Å²) < 4.78 is 15.8. The second kappa shape index (κ2) is 7.36. The molecule has 0 radical (unpaired) electrons. The first kappa shape index (κ1) is 14.1. The molecule has 0 heterocycles. The molecule has 14 heavy (non-hydrogen) atoms. The van der Waals surface area contributed by atoms with Gasteiger partial charge in [-0.25, -0.2) is 0 Å². The fourth-order valence-electron chi connectivity index (χ4n) is 1.34. The highest BCUT2D eigenvalue weighted by molar-refractivity contribution is 6.60. The normalized spacial score (nSPS) is 14.4. The topological polar surface area (TPSA) is 47.9 Å². The van der Waals surface area contributed by atoms with Gasteiger partial charge in [0.15, 0.2) is 0 Å². The molecule has 4 nitrogen and oxygen atoms in total. The van der Waals surface area contributed by atoms with Crippen LogP contribution in [0.4, 0.5) is 0 Å². The Balaban J connectivity index is 3.71. The molecule has 0 rings (SSSR count). The van der Waals surface area contributed by atoms with Gasteiger partial charge in [0.1, 0.15) is 0 Å². The van der Waals surface area contributed by atoms with Crippen LogP contribution in [0, 0.1) is 0 Å². The van der Waals surface area contributed by atoms with Crippen LogP contribution in [-0.2, 0) is 13.3 Å². The monoisotopic (exact) mass is 222 g/mol. The molecule has 0 aromatic heterocycles. The number of rotatable bonds is 8. The van der Waals surface area contributed by atoms with E-state index in [-0.39, 0.29) is 6.10 Å². The van der Waals surface area contributed by atoms with E-state index in [0.717, 1.165) is 25.3 Å². The molecule has 0 spiro atoms. The number of hydrogen-bond acceptors (Lipinski definition) is 4. The largest absolute Gasteiger partial charge is 0.500 e. The Bertz CT molecular complexity index is 129. The van der Waals surface area contributed by atoms with E-state index in [1.54, 1.807) is 28.3 Å². The highest BCUT2D eigenvalue weighted by Crippen LogP contribution is 2.17. The van der Waals surface area contributed by atoms with Crippen LogP contribution < -0.4 is 0 Å².